The normalized spacial score (nSPS) is 18.8. The molecule has 0 spiro atoms. The van der Waals surface area contributed by atoms with E-state index >= 15 is 0 Å². The summed E-state index contributed by atoms with van der Waals surface area (Å²) in [6.07, 6.45) is 1.97. The highest BCUT2D eigenvalue weighted by molar-refractivity contribution is 5.93. The highest BCUT2D eigenvalue weighted by atomic mass is 16.2. The Balaban J connectivity index is 1.33. The molecule has 3 aromatic carbocycles. The Bertz CT molecular complexity index is 1580. The van der Waals surface area contributed by atoms with Gasteiger partial charge in [0.2, 0.25) is 5.91 Å². The minimum atomic E-state index is -0.786. The predicted molar refractivity (Wildman–Crippen MR) is 159 cm³/mol. The number of benzene rings is 3. The van der Waals surface area contributed by atoms with Gasteiger partial charge >= 0.3 is 6.03 Å². The maximum absolute atomic E-state index is 14.2. The zero-order chi connectivity index (χ0) is 29.1. The Hall–Kier alpha value is -4.76. The van der Waals surface area contributed by atoms with E-state index < -0.39 is 12.2 Å². The highest BCUT2D eigenvalue weighted by Crippen LogP contribution is 2.36. The molecule has 2 saturated heterocycles. The maximum Gasteiger partial charge on any atom is 0.332 e. The van der Waals surface area contributed by atoms with Gasteiger partial charge in [-0.05, 0) is 35.2 Å². The van der Waals surface area contributed by atoms with Crippen LogP contribution in [0.3, 0.4) is 0 Å². The number of amides is 4. The van der Waals surface area contributed by atoms with Gasteiger partial charge in [0.15, 0.2) is 0 Å². The molecule has 2 aliphatic heterocycles. The van der Waals surface area contributed by atoms with Crippen molar-refractivity contribution in [2.75, 3.05) is 19.6 Å². The summed E-state index contributed by atoms with van der Waals surface area (Å²) in [5, 5.41) is 7.49. The number of rotatable bonds is 8. The third kappa shape index (κ3) is 5.31. The Labute approximate surface area is 245 Å². The second kappa shape index (κ2) is 12.0. The molecule has 214 valence electrons. The van der Waals surface area contributed by atoms with Gasteiger partial charge in [-0.3, -0.25) is 19.6 Å². The number of hydrogen-bond donors (Lipinski definition) is 1. The average molecular weight is 563 g/mol. The van der Waals surface area contributed by atoms with Crippen molar-refractivity contribution >= 4 is 28.7 Å². The fourth-order valence-electron chi connectivity index (χ4n) is 5.97. The van der Waals surface area contributed by atoms with Gasteiger partial charge in [-0.15, -0.1) is 0 Å². The number of carbonyl (C=O) groups excluding carboxylic acids is 3. The van der Waals surface area contributed by atoms with Crippen molar-refractivity contribution in [1.29, 1.82) is 0 Å². The van der Waals surface area contributed by atoms with Crippen LogP contribution in [0.4, 0.5) is 4.79 Å². The van der Waals surface area contributed by atoms with Gasteiger partial charge in [0.1, 0.15) is 12.2 Å². The maximum atomic E-state index is 14.2. The van der Waals surface area contributed by atoms with Crippen LogP contribution in [0.15, 0.2) is 97.2 Å². The second-order valence-corrected chi connectivity index (χ2v) is 10.7. The van der Waals surface area contributed by atoms with Gasteiger partial charge in [0.05, 0.1) is 18.6 Å². The number of aromatic nitrogens is 1. The summed E-state index contributed by atoms with van der Waals surface area (Å²) < 4.78 is 0. The third-order valence-corrected chi connectivity index (χ3v) is 7.94. The van der Waals surface area contributed by atoms with Gasteiger partial charge < -0.3 is 15.1 Å². The number of fused-ring (bicyclic) bond motifs is 2. The van der Waals surface area contributed by atoms with E-state index in [1.807, 2.05) is 108 Å². The summed E-state index contributed by atoms with van der Waals surface area (Å²) >= 11 is 0. The molecule has 9 nitrogen and oxygen atoms in total. The van der Waals surface area contributed by atoms with E-state index in [1.54, 1.807) is 16.1 Å². The first kappa shape index (κ1) is 27.4. The number of pyridine rings is 1. The average Bonchev–Trinajstić information content (AvgIpc) is 3.35. The lowest BCUT2D eigenvalue weighted by atomic mass is 9.99. The quantitative estimate of drug-likeness (QED) is 0.346. The molecule has 2 fully saturated rings. The highest BCUT2D eigenvalue weighted by Gasteiger charge is 2.52. The van der Waals surface area contributed by atoms with E-state index in [-0.39, 0.29) is 30.9 Å². The summed E-state index contributed by atoms with van der Waals surface area (Å²) in [6.45, 7) is 3.49. The molecule has 1 aromatic heterocycles. The summed E-state index contributed by atoms with van der Waals surface area (Å²) in [6, 6.07) is 27.9. The van der Waals surface area contributed by atoms with Crippen LogP contribution < -0.4 is 5.32 Å². The van der Waals surface area contributed by atoms with Crippen molar-refractivity contribution in [3.8, 4) is 0 Å². The summed E-state index contributed by atoms with van der Waals surface area (Å²) in [7, 11) is 0. The van der Waals surface area contributed by atoms with Crippen LogP contribution in [0.1, 0.15) is 36.1 Å². The lowest BCUT2D eigenvalue weighted by molar-refractivity contribution is -0.158. The summed E-state index contributed by atoms with van der Waals surface area (Å²) in [4.78, 5) is 49.3. The first-order valence-electron chi connectivity index (χ1n) is 14.4. The topological polar surface area (TPSA) is 89.1 Å². The van der Waals surface area contributed by atoms with Crippen LogP contribution in [-0.2, 0) is 22.7 Å². The minimum Gasteiger partial charge on any atom is -0.333 e. The van der Waals surface area contributed by atoms with Gasteiger partial charge in [-0.25, -0.2) is 4.79 Å². The molecule has 2 atom stereocenters. The van der Waals surface area contributed by atoms with Crippen LogP contribution in [0, 0.1) is 0 Å². The van der Waals surface area contributed by atoms with E-state index in [9.17, 15) is 14.4 Å². The molecule has 3 heterocycles. The van der Waals surface area contributed by atoms with Gasteiger partial charge in [0.25, 0.3) is 5.91 Å². The summed E-state index contributed by atoms with van der Waals surface area (Å²) in [5.41, 5.74) is 3.59. The van der Waals surface area contributed by atoms with Crippen molar-refractivity contribution in [2.45, 2.75) is 38.6 Å². The SMILES string of the molecule is CCCN(C(=O)NCc1ccccc1)N1CC(=O)N2[C@@H](c3ccccc3)C(=O)N(Cc3cccc4ncccc34)C[C@@H]21. The number of piperazine rings is 1. The number of carbonyl (C=O) groups is 3. The van der Waals surface area contributed by atoms with Crippen molar-refractivity contribution in [3.05, 3.63) is 114 Å². The number of nitrogens with zero attached hydrogens (tertiary/aromatic N) is 5. The molecule has 0 bridgehead atoms. The minimum absolute atomic E-state index is 0.0199. The van der Waals surface area contributed by atoms with Crippen LogP contribution in [0.2, 0.25) is 0 Å². The van der Waals surface area contributed by atoms with Crippen LogP contribution >= 0.6 is 0 Å². The Morgan fingerprint density at radius 2 is 1.71 bits per heavy atom. The molecule has 2 aliphatic rings. The molecule has 42 heavy (non-hydrogen) atoms. The van der Waals surface area contributed by atoms with E-state index in [0.29, 0.717) is 26.1 Å². The standard InChI is InChI=1S/C33H34N6O3/c1-2-19-37(33(42)35-20-24-11-5-3-6-12-24)38-23-30(40)39-29(38)22-36(32(41)31(39)25-13-7-4-8-14-25)21-26-15-9-17-28-27(26)16-10-18-34-28/h3-18,29,31H,2,19-23H2,1H3,(H,35,42)/t29-,31+/m1/s1. The van der Waals surface area contributed by atoms with Gasteiger partial charge in [-0.1, -0.05) is 85.8 Å². The Kier molecular flexibility index (Phi) is 7.83. The molecule has 0 radical (unpaired) electrons. The van der Waals surface area contributed by atoms with Crippen LogP contribution in [-0.4, -0.2) is 68.4 Å². The number of urea groups is 1. The predicted octanol–water partition coefficient (Wildman–Crippen LogP) is 4.33. The monoisotopic (exact) mass is 562 g/mol. The molecular weight excluding hydrogens is 528 g/mol. The second-order valence-electron chi connectivity index (χ2n) is 10.7. The van der Waals surface area contributed by atoms with Crippen molar-refractivity contribution < 1.29 is 14.4 Å². The van der Waals surface area contributed by atoms with Crippen LogP contribution in [0.5, 0.6) is 0 Å². The van der Waals surface area contributed by atoms with E-state index in [4.69, 9.17) is 0 Å². The number of hydrogen-bond acceptors (Lipinski definition) is 5. The van der Waals surface area contributed by atoms with Crippen molar-refractivity contribution in [3.63, 3.8) is 0 Å². The lowest BCUT2D eigenvalue weighted by Crippen LogP contribution is -2.62. The smallest absolute Gasteiger partial charge is 0.332 e. The van der Waals surface area contributed by atoms with Gasteiger partial charge in [-0.2, -0.15) is 5.01 Å². The number of nitrogens with one attached hydrogen (secondary N) is 1. The first-order chi connectivity index (χ1) is 20.5. The molecule has 6 rings (SSSR count). The van der Waals surface area contributed by atoms with Gasteiger partial charge in [0, 0.05) is 31.2 Å². The third-order valence-electron chi connectivity index (χ3n) is 7.94. The molecule has 1 N–H and O–H groups in total. The molecule has 0 unspecified atom stereocenters. The van der Waals surface area contributed by atoms with E-state index in [1.165, 1.54) is 0 Å². The Morgan fingerprint density at radius 1 is 0.952 bits per heavy atom. The molecular formula is C33H34N6O3. The van der Waals surface area contributed by atoms with Crippen molar-refractivity contribution in [1.82, 2.24) is 30.1 Å². The molecule has 4 amide bonds. The lowest BCUT2D eigenvalue weighted by Gasteiger charge is -2.46. The molecule has 0 saturated carbocycles. The molecule has 4 aromatic rings. The fourth-order valence-corrected chi connectivity index (χ4v) is 5.97. The van der Waals surface area contributed by atoms with E-state index in [0.717, 1.165) is 27.6 Å². The largest absolute Gasteiger partial charge is 0.333 e. The summed E-state index contributed by atoms with van der Waals surface area (Å²) in [5.74, 6) is -0.308. The zero-order valence-electron chi connectivity index (χ0n) is 23.6. The first-order valence-corrected chi connectivity index (χ1v) is 14.4. The van der Waals surface area contributed by atoms with Crippen LogP contribution in [0.25, 0.3) is 10.9 Å². The molecule has 0 aliphatic carbocycles. The zero-order valence-corrected chi connectivity index (χ0v) is 23.6. The molecule has 9 heteroatoms. The Morgan fingerprint density at radius 3 is 2.48 bits per heavy atom. The number of hydrazine groups is 1. The van der Waals surface area contributed by atoms with Crippen molar-refractivity contribution in [2.24, 2.45) is 0 Å². The van der Waals surface area contributed by atoms with E-state index in [2.05, 4.69) is 10.3 Å². The fraction of sp³-hybridized carbons (Fsp3) is 0.273.